The average Bonchev–Trinajstić information content (AvgIpc) is 3.18. The van der Waals surface area contributed by atoms with Gasteiger partial charge in [0, 0.05) is 33.4 Å². The zero-order chi connectivity index (χ0) is 23.2. The van der Waals surface area contributed by atoms with Crippen molar-refractivity contribution >= 4 is 34.8 Å². The first-order chi connectivity index (χ1) is 15.3. The van der Waals surface area contributed by atoms with Crippen LogP contribution < -0.4 is 5.32 Å². The molecule has 0 bridgehead atoms. The molecule has 1 saturated heterocycles. The van der Waals surface area contributed by atoms with Crippen LogP contribution in [0, 0.1) is 15.9 Å². The van der Waals surface area contributed by atoms with E-state index < -0.39 is 40.2 Å². The Bertz CT molecular complexity index is 1090. The Hall–Kier alpha value is -2.26. The summed E-state index contributed by atoms with van der Waals surface area (Å²) in [4.78, 5) is 27.4. The molecule has 0 unspecified atom stereocenters. The van der Waals surface area contributed by atoms with Crippen molar-refractivity contribution in [2.45, 2.75) is 50.7 Å². The highest BCUT2D eigenvalue weighted by Gasteiger charge is 2.70. The Morgan fingerprint density at radius 1 is 1.30 bits per heavy atom. The lowest BCUT2D eigenvalue weighted by atomic mass is 9.73. The third-order valence-electron chi connectivity index (χ3n) is 6.48. The highest BCUT2D eigenvalue weighted by atomic mass is 35.5. The first-order valence-corrected chi connectivity index (χ1v) is 11.1. The number of aliphatic hydroxyl groups excluding tert-OH is 1. The maximum Gasteiger partial charge on any atom is 0.250 e. The molecule has 178 valence electrons. The number of aliphatic hydroxyl groups is 1. The third-order valence-corrected chi connectivity index (χ3v) is 7.00. The molecule has 2 N–H and O–H groups in total. The molecular weight excluding hydrogens is 472 g/mol. The van der Waals surface area contributed by atoms with Crippen LogP contribution in [-0.4, -0.2) is 46.1 Å². The number of anilines is 1. The number of carbonyl (C=O) groups excluding carboxylic acids is 1. The van der Waals surface area contributed by atoms with E-state index in [2.05, 4.69) is 5.32 Å². The van der Waals surface area contributed by atoms with E-state index >= 15 is 4.39 Å². The van der Waals surface area contributed by atoms with Crippen LogP contribution in [-0.2, 0) is 10.3 Å². The number of hydrogen-bond acceptors (Lipinski definition) is 5. The van der Waals surface area contributed by atoms with E-state index in [0.717, 1.165) is 0 Å². The lowest BCUT2D eigenvalue weighted by Crippen LogP contribution is -2.52. The van der Waals surface area contributed by atoms with Crippen LogP contribution in [0.15, 0.2) is 36.4 Å². The fraction of sp³-hybridized carbons (Fsp3) is 0.435. The van der Waals surface area contributed by atoms with Gasteiger partial charge in [0.15, 0.2) is 0 Å². The molecule has 7 nitrogen and oxygen atoms in total. The molecule has 1 amide bonds. The van der Waals surface area contributed by atoms with Crippen molar-refractivity contribution in [3.05, 3.63) is 73.5 Å². The van der Waals surface area contributed by atoms with Gasteiger partial charge in [0.1, 0.15) is 11.4 Å². The van der Waals surface area contributed by atoms with Crippen LogP contribution in [0.3, 0.4) is 0 Å². The van der Waals surface area contributed by atoms with E-state index in [1.807, 2.05) is 6.92 Å². The second-order valence-corrected chi connectivity index (χ2v) is 8.92. The Morgan fingerprint density at radius 3 is 2.67 bits per heavy atom. The molecule has 2 aromatic rings. The molecule has 0 saturated carbocycles. The first-order valence-electron chi connectivity index (χ1n) is 10.4. The summed E-state index contributed by atoms with van der Waals surface area (Å²) in [6.45, 7) is 1.92. The quantitative estimate of drug-likeness (QED) is 0.440. The van der Waals surface area contributed by atoms with E-state index in [4.69, 9.17) is 23.2 Å². The van der Waals surface area contributed by atoms with Gasteiger partial charge in [-0.15, -0.1) is 0 Å². The largest absolute Gasteiger partial charge is 0.396 e. The zero-order valence-electron chi connectivity index (χ0n) is 17.2. The predicted molar refractivity (Wildman–Crippen MR) is 126 cm³/mol. The predicted octanol–water partition coefficient (Wildman–Crippen LogP) is 4.82. The minimum absolute atomic E-state index is 0. The van der Waals surface area contributed by atoms with Crippen LogP contribution >= 0.6 is 23.2 Å². The summed E-state index contributed by atoms with van der Waals surface area (Å²) in [7, 11) is 0. The Morgan fingerprint density at radius 2 is 2.03 bits per heavy atom. The van der Waals surface area contributed by atoms with Gasteiger partial charge >= 0.3 is 0 Å². The van der Waals surface area contributed by atoms with E-state index in [1.54, 1.807) is 23.1 Å². The van der Waals surface area contributed by atoms with Crippen LogP contribution in [0.1, 0.15) is 44.2 Å². The minimum Gasteiger partial charge on any atom is -0.396 e. The van der Waals surface area contributed by atoms with Crippen molar-refractivity contribution < 1.29 is 19.2 Å². The summed E-state index contributed by atoms with van der Waals surface area (Å²) in [6, 6.07) is 7.02. The van der Waals surface area contributed by atoms with Gasteiger partial charge < -0.3 is 10.4 Å². The third kappa shape index (κ3) is 3.69. The number of likely N-dealkylation sites (tertiary alicyclic amines) is 1. The van der Waals surface area contributed by atoms with Crippen molar-refractivity contribution in [1.29, 1.82) is 0 Å². The number of hydrogen-bond donors (Lipinski definition) is 2. The molecule has 10 heteroatoms. The summed E-state index contributed by atoms with van der Waals surface area (Å²) in [5.41, 5.74) is -0.627. The fourth-order valence-corrected chi connectivity index (χ4v) is 5.81. The summed E-state index contributed by atoms with van der Waals surface area (Å²) < 4.78 is 15.3. The second kappa shape index (κ2) is 9.54. The number of carbonyl (C=O) groups is 1. The highest BCUT2D eigenvalue weighted by Crippen LogP contribution is 2.58. The van der Waals surface area contributed by atoms with Gasteiger partial charge in [-0.3, -0.25) is 19.8 Å². The number of nitrogens with one attached hydrogen (secondary N) is 1. The number of nitro groups is 1. The topological polar surface area (TPSA) is 95.7 Å². The number of fused-ring (bicyclic) bond motifs is 2. The minimum atomic E-state index is -1.56. The average molecular weight is 498 g/mol. The smallest absolute Gasteiger partial charge is 0.250 e. The maximum atomic E-state index is 15.3. The molecule has 2 aromatic carbocycles. The van der Waals surface area contributed by atoms with Crippen molar-refractivity contribution in [2.24, 2.45) is 0 Å². The van der Waals surface area contributed by atoms with Crippen LogP contribution in [0.4, 0.5) is 10.1 Å². The number of amides is 1. The molecule has 0 aliphatic carbocycles. The van der Waals surface area contributed by atoms with E-state index in [-0.39, 0.29) is 31.0 Å². The van der Waals surface area contributed by atoms with Gasteiger partial charge in [0.2, 0.25) is 6.04 Å². The van der Waals surface area contributed by atoms with Crippen molar-refractivity contribution in [1.82, 2.24) is 4.90 Å². The number of halogens is 3. The monoisotopic (exact) mass is 497 g/mol. The molecule has 2 aliphatic heterocycles. The molecular formula is C23H26Cl2FN3O4. The standard InChI is InChI=1S/C22H22Cl2FN3O4.CH4/c1-2-9-27-17(8-10-29)20(28(31)32)18(13-4-3-5-15(24)19(13)25)22(27)14-7-6-12(23)11-16(14)26-21(22)30;/h3-7,11,17-18,20,29H,2,8-10H2,1H3,(H,26,30);1H4/t17-,18-,20+,22+;/m0./s1. The number of nitrogens with zero attached hydrogens (tertiary/aromatic N) is 2. The Balaban J connectivity index is 0.00000306. The van der Waals surface area contributed by atoms with Crippen molar-refractivity contribution in [2.75, 3.05) is 18.5 Å². The molecule has 2 heterocycles. The van der Waals surface area contributed by atoms with E-state index in [0.29, 0.717) is 29.2 Å². The first kappa shape index (κ1) is 25.4. The van der Waals surface area contributed by atoms with E-state index in [9.17, 15) is 20.0 Å². The van der Waals surface area contributed by atoms with Gasteiger partial charge in [-0.25, -0.2) is 4.39 Å². The van der Waals surface area contributed by atoms with Gasteiger partial charge in [0.25, 0.3) is 5.91 Å². The molecule has 1 spiro atoms. The Kier molecular flexibility index (Phi) is 7.33. The highest BCUT2D eigenvalue weighted by molar-refractivity contribution is 6.31. The van der Waals surface area contributed by atoms with Crippen LogP contribution in [0.25, 0.3) is 0 Å². The normalized spacial score (nSPS) is 26.2. The molecule has 0 radical (unpaired) electrons. The number of benzene rings is 2. The van der Waals surface area contributed by atoms with Gasteiger partial charge in [-0.2, -0.15) is 0 Å². The molecule has 1 fully saturated rings. The maximum absolute atomic E-state index is 15.3. The van der Waals surface area contributed by atoms with Crippen molar-refractivity contribution in [3.63, 3.8) is 0 Å². The SMILES string of the molecule is C.CCCN1[C@@H](CCO)[C@@H]([N+](=O)[O-])[C@H](c2cccc(Cl)c2F)[C@]12C(=O)Nc1cc(Cl)ccc12. The molecule has 4 rings (SSSR count). The molecule has 2 aliphatic rings. The van der Waals surface area contributed by atoms with Gasteiger partial charge in [0.05, 0.1) is 17.0 Å². The lowest BCUT2D eigenvalue weighted by molar-refractivity contribution is -0.528. The molecule has 4 atom stereocenters. The summed E-state index contributed by atoms with van der Waals surface area (Å²) in [6.07, 6.45) is 0.650. The van der Waals surface area contributed by atoms with Crippen LogP contribution in [0.5, 0.6) is 0 Å². The summed E-state index contributed by atoms with van der Waals surface area (Å²) in [5, 5.41) is 25.2. The van der Waals surface area contributed by atoms with E-state index in [1.165, 1.54) is 18.2 Å². The lowest BCUT2D eigenvalue weighted by Gasteiger charge is -2.38. The zero-order valence-corrected chi connectivity index (χ0v) is 18.7. The molecule has 0 aromatic heterocycles. The molecule has 33 heavy (non-hydrogen) atoms. The summed E-state index contributed by atoms with van der Waals surface area (Å²) >= 11 is 12.2. The Labute approximate surface area is 201 Å². The van der Waals surface area contributed by atoms with Gasteiger partial charge in [-0.1, -0.05) is 55.8 Å². The fourth-order valence-electron chi connectivity index (χ4n) is 5.45. The summed E-state index contributed by atoms with van der Waals surface area (Å²) in [5.74, 6) is -2.46. The number of rotatable bonds is 6. The van der Waals surface area contributed by atoms with Crippen molar-refractivity contribution in [3.8, 4) is 0 Å². The second-order valence-electron chi connectivity index (χ2n) is 8.08. The van der Waals surface area contributed by atoms with Gasteiger partial charge in [-0.05, 0) is 37.6 Å². The van der Waals surface area contributed by atoms with Crippen LogP contribution in [0.2, 0.25) is 10.0 Å².